The van der Waals surface area contributed by atoms with Crippen LogP contribution >= 0.6 is 0 Å². The molecule has 2 aliphatic rings. The average molecular weight is 243 g/mol. The van der Waals surface area contributed by atoms with E-state index in [0.717, 1.165) is 0 Å². The van der Waals surface area contributed by atoms with Crippen LogP contribution in [0.15, 0.2) is 0 Å². The van der Waals surface area contributed by atoms with E-state index in [-0.39, 0.29) is 6.03 Å². The maximum atomic E-state index is 11.8. The van der Waals surface area contributed by atoms with Crippen LogP contribution in [0, 0.1) is 5.92 Å². The normalized spacial score (nSPS) is 25.9. The molecule has 2 saturated heterocycles. The molecule has 0 bridgehead atoms. The molecular weight excluding hydrogens is 226 g/mol. The van der Waals surface area contributed by atoms with E-state index in [4.69, 9.17) is 9.84 Å². The highest BCUT2D eigenvalue weighted by Gasteiger charge is 2.31. The Kier molecular flexibility index (Phi) is 3.80. The molecule has 2 fully saturated rings. The molecule has 2 rings (SSSR count). The number of hydrogen-bond donors (Lipinski definition) is 2. The van der Waals surface area contributed by atoms with Crippen LogP contribution in [-0.4, -0.2) is 66.4 Å². The van der Waals surface area contributed by atoms with E-state index in [9.17, 15) is 9.59 Å². The predicted molar refractivity (Wildman–Crippen MR) is 58.2 cm³/mol. The number of hydrazine groups is 1. The van der Waals surface area contributed by atoms with Crippen molar-refractivity contribution >= 4 is 12.0 Å². The van der Waals surface area contributed by atoms with Crippen molar-refractivity contribution in [2.45, 2.75) is 6.42 Å². The number of carboxylic acid groups (broad SMARTS) is 1. The molecule has 0 saturated carbocycles. The Balaban J connectivity index is 1.78. The second kappa shape index (κ2) is 5.33. The van der Waals surface area contributed by atoms with Crippen LogP contribution in [0.25, 0.3) is 0 Å². The standard InChI is InChI=1S/C10H17N3O4/c14-9(15)8-1-2-12(7-8)10(16)11-13-3-5-17-6-4-13/h8H,1-7H2,(H,11,16)(H,14,15). The van der Waals surface area contributed by atoms with Crippen LogP contribution in [0.5, 0.6) is 0 Å². The molecule has 0 aromatic rings. The highest BCUT2D eigenvalue weighted by Crippen LogP contribution is 2.16. The Morgan fingerprint density at radius 1 is 1.24 bits per heavy atom. The number of aliphatic carboxylic acids is 1. The number of nitrogens with zero attached hydrogens (tertiary/aromatic N) is 2. The minimum atomic E-state index is -0.827. The Hall–Kier alpha value is -1.34. The number of urea groups is 1. The highest BCUT2D eigenvalue weighted by molar-refractivity contribution is 5.77. The molecule has 0 spiro atoms. The molecule has 1 atom stereocenters. The van der Waals surface area contributed by atoms with Gasteiger partial charge < -0.3 is 14.7 Å². The monoisotopic (exact) mass is 243 g/mol. The van der Waals surface area contributed by atoms with E-state index >= 15 is 0 Å². The zero-order valence-corrected chi connectivity index (χ0v) is 9.59. The maximum absolute atomic E-state index is 11.8. The summed E-state index contributed by atoms with van der Waals surface area (Å²) in [7, 11) is 0. The fourth-order valence-corrected chi connectivity index (χ4v) is 2.03. The van der Waals surface area contributed by atoms with Crippen LogP contribution in [0.1, 0.15) is 6.42 Å². The molecule has 2 aliphatic heterocycles. The lowest BCUT2D eigenvalue weighted by Crippen LogP contribution is -2.52. The molecule has 2 heterocycles. The first-order valence-corrected chi connectivity index (χ1v) is 5.78. The largest absolute Gasteiger partial charge is 0.481 e. The minimum absolute atomic E-state index is 0.212. The van der Waals surface area contributed by atoms with Gasteiger partial charge in [0.1, 0.15) is 0 Å². The van der Waals surface area contributed by atoms with E-state index in [1.807, 2.05) is 0 Å². The molecule has 7 nitrogen and oxygen atoms in total. The second-order valence-corrected chi connectivity index (χ2v) is 4.29. The summed E-state index contributed by atoms with van der Waals surface area (Å²) in [6.45, 7) is 3.36. The number of morpholine rings is 1. The summed E-state index contributed by atoms with van der Waals surface area (Å²) in [6.07, 6.45) is 0.534. The third kappa shape index (κ3) is 3.07. The Morgan fingerprint density at radius 3 is 2.53 bits per heavy atom. The summed E-state index contributed by atoms with van der Waals surface area (Å²) >= 11 is 0. The SMILES string of the molecule is O=C(O)C1CCN(C(=O)NN2CCOCC2)C1. The number of ether oxygens (including phenoxy) is 1. The van der Waals surface area contributed by atoms with Crippen LogP contribution in [0.2, 0.25) is 0 Å². The Morgan fingerprint density at radius 2 is 1.94 bits per heavy atom. The lowest BCUT2D eigenvalue weighted by atomic mass is 10.1. The summed E-state index contributed by atoms with van der Waals surface area (Å²) in [5.74, 6) is -1.25. The Labute approximate surface area is 99.3 Å². The molecule has 0 aliphatic carbocycles. The van der Waals surface area contributed by atoms with Crippen LogP contribution < -0.4 is 5.43 Å². The summed E-state index contributed by atoms with van der Waals surface area (Å²) in [6, 6.07) is -0.212. The molecule has 2 amide bonds. The van der Waals surface area contributed by atoms with E-state index in [0.29, 0.717) is 45.8 Å². The quantitative estimate of drug-likeness (QED) is 0.673. The fraction of sp³-hybridized carbons (Fsp3) is 0.800. The first-order chi connectivity index (χ1) is 8.16. The van der Waals surface area contributed by atoms with E-state index in [1.54, 1.807) is 9.91 Å². The number of hydrogen-bond acceptors (Lipinski definition) is 4. The van der Waals surface area contributed by atoms with Gasteiger partial charge in [-0.3, -0.25) is 10.2 Å². The number of amides is 2. The third-order valence-corrected chi connectivity index (χ3v) is 3.09. The first kappa shape index (κ1) is 12.1. The number of carboxylic acids is 1. The number of likely N-dealkylation sites (tertiary alicyclic amines) is 1. The fourth-order valence-electron chi connectivity index (χ4n) is 2.03. The van der Waals surface area contributed by atoms with Crippen LogP contribution in [0.3, 0.4) is 0 Å². The van der Waals surface area contributed by atoms with Crippen molar-refractivity contribution in [2.24, 2.45) is 5.92 Å². The van der Waals surface area contributed by atoms with Crippen molar-refractivity contribution in [1.29, 1.82) is 0 Å². The van der Waals surface area contributed by atoms with Crippen LogP contribution in [0.4, 0.5) is 4.79 Å². The van der Waals surface area contributed by atoms with Gasteiger partial charge in [0.25, 0.3) is 0 Å². The third-order valence-electron chi connectivity index (χ3n) is 3.09. The van der Waals surface area contributed by atoms with Crippen molar-refractivity contribution in [2.75, 3.05) is 39.4 Å². The van der Waals surface area contributed by atoms with Gasteiger partial charge in [-0.1, -0.05) is 0 Å². The number of carbonyl (C=O) groups excluding carboxylic acids is 1. The maximum Gasteiger partial charge on any atom is 0.331 e. The van der Waals surface area contributed by atoms with Gasteiger partial charge in [0.15, 0.2) is 0 Å². The number of rotatable bonds is 2. The van der Waals surface area contributed by atoms with Crippen molar-refractivity contribution < 1.29 is 19.4 Å². The molecule has 0 radical (unpaired) electrons. The zero-order valence-electron chi connectivity index (χ0n) is 9.59. The van der Waals surface area contributed by atoms with Gasteiger partial charge in [-0.15, -0.1) is 0 Å². The van der Waals surface area contributed by atoms with Crippen LogP contribution in [-0.2, 0) is 9.53 Å². The van der Waals surface area contributed by atoms with Gasteiger partial charge in [-0.25, -0.2) is 9.80 Å². The van der Waals surface area contributed by atoms with Gasteiger partial charge in [-0.05, 0) is 6.42 Å². The molecule has 1 unspecified atom stereocenters. The molecule has 7 heteroatoms. The van der Waals surface area contributed by atoms with Gasteiger partial charge in [0.2, 0.25) is 0 Å². The number of carbonyl (C=O) groups is 2. The number of nitrogens with one attached hydrogen (secondary N) is 1. The van der Waals surface area contributed by atoms with Gasteiger partial charge in [0, 0.05) is 26.2 Å². The minimum Gasteiger partial charge on any atom is -0.481 e. The molecular formula is C10H17N3O4. The summed E-state index contributed by atoms with van der Waals surface area (Å²) in [5.41, 5.74) is 2.77. The summed E-state index contributed by atoms with van der Waals surface area (Å²) in [4.78, 5) is 24.1. The van der Waals surface area contributed by atoms with Crippen molar-refractivity contribution in [3.8, 4) is 0 Å². The zero-order chi connectivity index (χ0) is 12.3. The van der Waals surface area contributed by atoms with E-state index < -0.39 is 11.9 Å². The van der Waals surface area contributed by atoms with Crippen molar-refractivity contribution in [3.63, 3.8) is 0 Å². The Bertz CT molecular complexity index is 304. The van der Waals surface area contributed by atoms with Gasteiger partial charge in [-0.2, -0.15) is 0 Å². The smallest absolute Gasteiger partial charge is 0.331 e. The van der Waals surface area contributed by atoms with E-state index in [1.165, 1.54) is 0 Å². The van der Waals surface area contributed by atoms with Gasteiger partial charge in [0.05, 0.1) is 19.1 Å². The molecule has 0 aromatic heterocycles. The molecule has 96 valence electrons. The first-order valence-electron chi connectivity index (χ1n) is 5.78. The lowest BCUT2D eigenvalue weighted by Gasteiger charge is -2.29. The highest BCUT2D eigenvalue weighted by atomic mass is 16.5. The van der Waals surface area contributed by atoms with Crippen molar-refractivity contribution in [3.05, 3.63) is 0 Å². The summed E-state index contributed by atoms with van der Waals surface area (Å²) < 4.78 is 5.17. The summed E-state index contributed by atoms with van der Waals surface area (Å²) in [5, 5.41) is 10.7. The molecule has 0 aromatic carbocycles. The second-order valence-electron chi connectivity index (χ2n) is 4.29. The average Bonchev–Trinajstić information content (AvgIpc) is 2.79. The molecule has 2 N–H and O–H groups in total. The molecule has 17 heavy (non-hydrogen) atoms. The predicted octanol–water partition coefficient (Wildman–Crippen LogP) is -0.650. The van der Waals surface area contributed by atoms with Crippen molar-refractivity contribution in [1.82, 2.24) is 15.3 Å². The van der Waals surface area contributed by atoms with E-state index in [2.05, 4.69) is 5.43 Å². The topological polar surface area (TPSA) is 82.1 Å². The van der Waals surface area contributed by atoms with Gasteiger partial charge >= 0.3 is 12.0 Å². The lowest BCUT2D eigenvalue weighted by molar-refractivity contribution is -0.141.